The molecule has 1 heterocycles. The number of fused-ring (bicyclic) bond motifs is 1. The zero-order chi connectivity index (χ0) is 13.7. The van der Waals surface area contributed by atoms with Crippen LogP contribution in [0.25, 0.3) is 0 Å². The fourth-order valence-electron chi connectivity index (χ4n) is 2.95. The van der Waals surface area contributed by atoms with Gasteiger partial charge in [0.05, 0.1) is 6.61 Å². The summed E-state index contributed by atoms with van der Waals surface area (Å²) in [5.41, 5.74) is 2.74. The molecule has 106 valence electrons. The second-order valence-electron chi connectivity index (χ2n) is 5.72. The molecule has 19 heavy (non-hydrogen) atoms. The number of para-hydroxylation sites is 1. The lowest BCUT2D eigenvalue weighted by molar-refractivity contribution is 0.166. The maximum absolute atomic E-state index is 9.49. The number of nitrogens with one attached hydrogen (secondary N) is 1. The third kappa shape index (κ3) is 3.48. The molecule has 0 aromatic heterocycles. The standard InChI is InChI=1S/C16H26N2O/c1-3-17-16(2,13-19)10-6-11-18-12-9-14-7-4-5-8-15(14)18/h4-5,7-8,17,19H,3,6,9-13H2,1-2H3. The van der Waals surface area contributed by atoms with E-state index in [1.165, 1.54) is 17.7 Å². The molecule has 2 N–H and O–H groups in total. The van der Waals surface area contributed by atoms with Gasteiger partial charge in [-0.15, -0.1) is 0 Å². The molecule has 0 radical (unpaired) electrons. The van der Waals surface area contributed by atoms with E-state index in [2.05, 4.69) is 48.3 Å². The lowest BCUT2D eigenvalue weighted by Crippen LogP contribution is -2.46. The van der Waals surface area contributed by atoms with Gasteiger partial charge in [-0.1, -0.05) is 25.1 Å². The predicted molar refractivity (Wildman–Crippen MR) is 80.8 cm³/mol. The maximum Gasteiger partial charge on any atom is 0.0610 e. The van der Waals surface area contributed by atoms with Gasteiger partial charge >= 0.3 is 0 Å². The van der Waals surface area contributed by atoms with E-state index in [0.717, 1.165) is 32.5 Å². The number of hydrogen-bond acceptors (Lipinski definition) is 3. The van der Waals surface area contributed by atoms with Crippen molar-refractivity contribution in [2.75, 3.05) is 31.1 Å². The predicted octanol–water partition coefficient (Wildman–Crippen LogP) is 2.19. The quantitative estimate of drug-likeness (QED) is 0.790. The largest absolute Gasteiger partial charge is 0.394 e. The number of benzene rings is 1. The molecular weight excluding hydrogens is 236 g/mol. The van der Waals surface area contributed by atoms with E-state index in [1.54, 1.807) is 0 Å². The van der Waals surface area contributed by atoms with Crippen molar-refractivity contribution in [3.8, 4) is 0 Å². The highest BCUT2D eigenvalue weighted by molar-refractivity contribution is 5.57. The number of anilines is 1. The molecular formula is C16H26N2O. The van der Waals surface area contributed by atoms with E-state index in [-0.39, 0.29) is 12.1 Å². The molecule has 0 aliphatic carbocycles. The smallest absolute Gasteiger partial charge is 0.0610 e. The van der Waals surface area contributed by atoms with Crippen molar-refractivity contribution in [1.29, 1.82) is 0 Å². The third-order valence-corrected chi connectivity index (χ3v) is 4.09. The first-order valence-corrected chi connectivity index (χ1v) is 7.37. The highest BCUT2D eigenvalue weighted by Gasteiger charge is 2.23. The van der Waals surface area contributed by atoms with Crippen LogP contribution in [0.15, 0.2) is 24.3 Å². The van der Waals surface area contributed by atoms with Crippen molar-refractivity contribution in [3.05, 3.63) is 29.8 Å². The molecule has 0 fully saturated rings. The third-order valence-electron chi connectivity index (χ3n) is 4.09. The molecule has 0 bridgehead atoms. The molecule has 3 nitrogen and oxygen atoms in total. The van der Waals surface area contributed by atoms with E-state index in [1.807, 2.05) is 0 Å². The van der Waals surface area contributed by atoms with Crippen LogP contribution in [-0.2, 0) is 6.42 Å². The summed E-state index contributed by atoms with van der Waals surface area (Å²) < 4.78 is 0. The van der Waals surface area contributed by atoms with Gasteiger partial charge in [-0.25, -0.2) is 0 Å². The van der Waals surface area contributed by atoms with Crippen molar-refractivity contribution in [2.24, 2.45) is 0 Å². The van der Waals surface area contributed by atoms with E-state index in [0.29, 0.717) is 0 Å². The minimum absolute atomic E-state index is 0.131. The second kappa shape index (κ2) is 6.40. The van der Waals surface area contributed by atoms with Crippen LogP contribution in [-0.4, -0.2) is 36.9 Å². The molecule has 3 heteroatoms. The summed E-state index contributed by atoms with van der Waals surface area (Å²) in [5.74, 6) is 0. The van der Waals surface area contributed by atoms with Crippen molar-refractivity contribution < 1.29 is 5.11 Å². The van der Waals surface area contributed by atoms with E-state index in [9.17, 15) is 5.11 Å². The first-order chi connectivity index (χ1) is 9.18. The lowest BCUT2D eigenvalue weighted by Gasteiger charge is -2.29. The Hall–Kier alpha value is -1.06. The van der Waals surface area contributed by atoms with Gasteiger partial charge in [0.15, 0.2) is 0 Å². The molecule has 1 unspecified atom stereocenters. The Morgan fingerprint density at radius 1 is 1.37 bits per heavy atom. The van der Waals surface area contributed by atoms with Crippen molar-refractivity contribution >= 4 is 5.69 Å². The minimum Gasteiger partial charge on any atom is -0.394 e. The zero-order valence-electron chi connectivity index (χ0n) is 12.2. The Morgan fingerprint density at radius 3 is 2.89 bits per heavy atom. The van der Waals surface area contributed by atoms with Crippen LogP contribution in [0.1, 0.15) is 32.3 Å². The van der Waals surface area contributed by atoms with Crippen LogP contribution >= 0.6 is 0 Å². The topological polar surface area (TPSA) is 35.5 Å². The zero-order valence-corrected chi connectivity index (χ0v) is 12.2. The Balaban J connectivity index is 1.84. The maximum atomic E-state index is 9.49. The number of hydrogen-bond donors (Lipinski definition) is 2. The second-order valence-corrected chi connectivity index (χ2v) is 5.72. The van der Waals surface area contributed by atoms with Crippen LogP contribution < -0.4 is 10.2 Å². The Labute approximate surface area is 116 Å². The van der Waals surface area contributed by atoms with Crippen LogP contribution in [0.2, 0.25) is 0 Å². The van der Waals surface area contributed by atoms with Gasteiger partial charge in [0.1, 0.15) is 0 Å². The monoisotopic (exact) mass is 262 g/mol. The summed E-state index contributed by atoms with van der Waals surface area (Å²) in [5, 5.41) is 12.9. The summed E-state index contributed by atoms with van der Waals surface area (Å²) in [4.78, 5) is 2.47. The van der Waals surface area contributed by atoms with E-state index >= 15 is 0 Å². The number of nitrogens with zero attached hydrogens (tertiary/aromatic N) is 1. The molecule has 2 rings (SSSR count). The summed E-state index contributed by atoms with van der Waals surface area (Å²) in [6.45, 7) is 7.52. The molecule has 0 saturated heterocycles. The number of rotatable bonds is 7. The molecule has 1 aromatic rings. The molecule has 1 aromatic carbocycles. The van der Waals surface area contributed by atoms with Crippen LogP contribution in [0.5, 0.6) is 0 Å². The molecule has 1 aliphatic rings. The molecule has 0 spiro atoms. The normalized spacial score (nSPS) is 17.3. The number of aliphatic hydroxyl groups excluding tert-OH is 1. The first-order valence-electron chi connectivity index (χ1n) is 7.37. The molecule has 1 aliphatic heterocycles. The summed E-state index contributed by atoms with van der Waals surface area (Å²) in [6.07, 6.45) is 3.29. The summed E-state index contributed by atoms with van der Waals surface area (Å²) in [7, 11) is 0. The van der Waals surface area contributed by atoms with Gasteiger partial charge in [0.25, 0.3) is 0 Å². The molecule has 1 atom stereocenters. The van der Waals surface area contributed by atoms with E-state index < -0.39 is 0 Å². The fraction of sp³-hybridized carbons (Fsp3) is 0.625. The van der Waals surface area contributed by atoms with Gasteiger partial charge in [0.2, 0.25) is 0 Å². The minimum atomic E-state index is -0.131. The Bertz CT molecular complexity index is 407. The SMILES string of the molecule is CCNC(C)(CO)CCCN1CCc2ccccc21. The first kappa shape index (κ1) is 14.4. The van der Waals surface area contributed by atoms with Crippen molar-refractivity contribution in [1.82, 2.24) is 5.32 Å². The van der Waals surface area contributed by atoms with E-state index in [4.69, 9.17) is 0 Å². The highest BCUT2D eigenvalue weighted by Crippen LogP contribution is 2.27. The van der Waals surface area contributed by atoms with Gasteiger partial charge in [-0.05, 0) is 44.4 Å². The number of aliphatic hydroxyl groups is 1. The molecule has 0 amide bonds. The van der Waals surface area contributed by atoms with Crippen LogP contribution in [0, 0.1) is 0 Å². The van der Waals surface area contributed by atoms with Crippen molar-refractivity contribution in [3.63, 3.8) is 0 Å². The summed E-state index contributed by atoms with van der Waals surface area (Å²) >= 11 is 0. The Morgan fingerprint density at radius 2 is 2.16 bits per heavy atom. The van der Waals surface area contributed by atoms with Gasteiger partial charge < -0.3 is 15.3 Å². The number of likely N-dealkylation sites (N-methyl/N-ethyl adjacent to an activating group) is 1. The molecule has 0 saturated carbocycles. The van der Waals surface area contributed by atoms with Crippen LogP contribution in [0.3, 0.4) is 0 Å². The van der Waals surface area contributed by atoms with Gasteiger partial charge in [-0.2, -0.15) is 0 Å². The van der Waals surface area contributed by atoms with Crippen LogP contribution in [0.4, 0.5) is 5.69 Å². The lowest BCUT2D eigenvalue weighted by atomic mass is 9.96. The average Bonchev–Trinajstić information content (AvgIpc) is 2.83. The van der Waals surface area contributed by atoms with Crippen molar-refractivity contribution in [2.45, 2.75) is 38.6 Å². The fourth-order valence-corrected chi connectivity index (χ4v) is 2.95. The van der Waals surface area contributed by atoms with Gasteiger partial charge in [-0.3, -0.25) is 0 Å². The summed E-state index contributed by atoms with van der Waals surface area (Å²) in [6, 6.07) is 8.69. The highest BCUT2D eigenvalue weighted by atomic mass is 16.3. The van der Waals surface area contributed by atoms with Gasteiger partial charge in [0, 0.05) is 24.3 Å². The Kier molecular flexibility index (Phi) is 4.83. The average molecular weight is 262 g/mol.